The topological polar surface area (TPSA) is 12.0 Å². The Morgan fingerprint density at radius 2 is 1.20 bits per heavy atom. The Labute approximate surface area is 126 Å². The largest absolute Gasteiger partial charge is 0.313 e. The number of benzene rings is 2. The third-order valence-corrected chi connectivity index (χ3v) is 4.61. The predicted octanol–water partition coefficient (Wildman–Crippen LogP) is 5.24. The minimum absolute atomic E-state index is 0.402. The van der Waals surface area contributed by atoms with Crippen molar-refractivity contribution in [2.45, 2.75) is 42.5 Å². The predicted molar refractivity (Wildman–Crippen MR) is 88.6 cm³/mol. The maximum absolute atomic E-state index is 3.26. The van der Waals surface area contributed by atoms with Crippen molar-refractivity contribution in [1.29, 1.82) is 0 Å². The first-order valence-corrected chi connectivity index (χ1v) is 7.97. The Morgan fingerprint density at radius 1 is 0.750 bits per heavy atom. The second kappa shape index (κ2) is 6.96. The number of rotatable bonds is 5. The van der Waals surface area contributed by atoms with Gasteiger partial charge in [-0.2, -0.15) is 0 Å². The average Bonchev–Trinajstić information content (AvgIpc) is 2.48. The van der Waals surface area contributed by atoms with Crippen LogP contribution in [0.2, 0.25) is 0 Å². The maximum atomic E-state index is 3.26. The van der Waals surface area contributed by atoms with E-state index in [1.807, 2.05) is 18.8 Å². The van der Waals surface area contributed by atoms with Crippen LogP contribution in [0.15, 0.2) is 58.3 Å². The van der Waals surface area contributed by atoms with Crippen molar-refractivity contribution in [2.24, 2.45) is 0 Å². The van der Waals surface area contributed by atoms with Gasteiger partial charge < -0.3 is 5.32 Å². The average molecular weight is 285 g/mol. The van der Waals surface area contributed by atoms with E-state index in [4.69, 9.17) is 0 Å². The van der Waals surface area contributed by atoms with Crippen molar-refractivity contribution in [1.82, 2.24) is 5.32 Å². The Balaban J connectivity index is 2.06. The smallest absolute Gasteiger partial charge is 0.0289 e. The van der Waals surface area contributed by atoms with Crippen LogP contribution in [-0.2, 0) is 0 Å². The molecule has 0 aliphatic carbocycles. The molecule has 0 saturated heterocycles. The lowest BCUT2D eigenvalue weighted by atomic mass is 10.0. The Hall–Kier alpha value is -1.25. The molecule has 1 N–H and O–H groups in total. The van der Waals surface area contributed by atoms with Gasteiger partial charge in [-0.1, -0.05) is 49.9 Å². The van der Waals surface area contributed by atoms with E-state index in [-0.39, 0.29) is 0 Å². The molecule has 0 spiro atoms. The van der Waals surface area contributed by atoms with Crippen LogP contribution in [0, 0.1) is 0 Å². The van der Waals surface area contributed by atoms with Crippen LogP contribution in [0.3, 0.4) is 0 Å². The Kier molecular flexibility index (Phi) is 5.27. The monoisotopic (exact) mass is 285 g/mol. The van der Waals surface area contributed by atoms with Crippen molar-refractivity contribution in [3.63, 3.8) is 0 Å². The second-order valence-electron chi connectivity index (χ2n) is 5.41. The summed E-state index contributed by atoms with van der Waals surface area (Å²) in [5, 5.41) is 3.26. The van der Waals surface area contributed by atoms with Crippen LogP contribution in [0.25, 0.3) is 0 Å². The van der Waals surface area contributed by atoms with Gasteiger partial charge in [-0.05, 0) is 55.3 Å². The van der Waals surface area contributed by atoms with E-state index >= 15 is 0 Å². The van der Waals surface area contributed by atoms with Gasteiger partial charge in [0.15, 0.2) is 0 Å². The van der Waals surface area contributed by atoms with E-state index in [2.05, 4.69) is 74.6 Å². The molecular weight excluding hydrogens is 262 g/mol. The fourth-order valence-corrected chi connectivity index (χ4v) is 2.86. The Bertz CT molecular complexity index is 528. The zero-order valence-electron chi connectivity index (χ0n) is 12.7. The summed E-state index contributed by atoms with van der Waals surface area (Å²) in [6.45, 7) is 6.63. The van der Waals surface area contributed by atoms with Crippen LogP contribution in [0.1, 0.15) is 43.9 Å². The number of hydrogen-bond acceptors (Lipinski definition) is 2. The maximum Gasteiger partial charge on any atom is 0.0289 e. The highest BCUT2D eigenvalue weighted by atomic mass is 32.2. The molecule has 20 heavy (non-hydrogen) atoms. The third kappa shape index (κ3) is 3.87. The van der Waals surface area contributed by atoms with Crippen LogP contribution < -0.4 is 5.32 Å². The zero-order chi connectivity index (χ0) is 14.5. The molecule has 0 fully saturated rings. The molecule has 1 atom stereocenters. The molecule has 0 aliphatic rings. The molecule has 0 saturated carbocycles. The first-order chi connectivity index (χ1) is 9.60. The van der Waals surface area contributed by atoms with Gasteiger partial charge >= 0.3 is 0 Å². The van der Waals surface area contributed by atoms with Gasteiger partial charge in [-0.15, -0.1) is 0 Å². The molecule has 0 radical (unpaired) electrons. The molecule has 0 aliphatic heterocycles. The first kappa shape index (κ1) is 15.1. The normalized spacial score (nSPS) is 12.7. The summed E-state index contributed by atoms with van der Waals surface area (Å²) in [5.41, 5.74) is 2.72. The quantitative estimate of drug-likeness (QED) is 0.806. The summed E-state index contributed by atoms with van der Waals surface area (Å²) in [6, 6.07) is 18.1. The summed E-state index contributed by atoms with van der Waals surface area (Å²) >= 11 is 1.82. The van der Waals surface area contributed by atoms with E-state index < -0.39 is 0 Å². The first-order valence-electron chi connectivity index (χ1n) is 7.15. The molecular formula is C18H23NS. The fraction of sp³-hybridized carbons (Fsp3) is 0.333. The zero-order valence-corrected chi connectivity index (χ0v) is 13.5. The molecule has 2 heteroatoms. The van der Waals surface area contributed by atoms with Gasteiger partial charge in [0.05, 0.1) is 0 Å². The van der Waals surface area contributed by atoms with Crippen molar-refractivity contribution in [2.75, 3.05) is 7.05 Å². The molecule has 1 unspecified atom stereocenters. The van der Waals surface area contributed by atoms with Gasteiger partial charge in [-0.3, -0.25) is 0 Å². The third-order valence-electron chi connectivity index (χ3n) is 3.60. The van der Waals surface area contributed by atoms with Gasteiger partial charge in [0, 0.05) is 15.8 Å². The van der Waals surface area contributed by atoms with Crippen molar-refractivity contribution < 1.29 is 0 Å². The standard InChI is InChI=1S/C18H23NS/c1-13(2)15-5-9-17(10-6-15)20-18-11-7-16(8-12-18)14(3)19-4/h5-14,19H,1-4H3. The van der Waals surface area contributed by atoms with Crippen LogP contribution in [-0.4, -0.2) is 7.05 Å². The molecule has 2 aromatic rings. The van der Waals surface area contributed by atoms with Crippen molar-refractivity contribution in [3.05, 3.63) is 59.7 Å². The second-order valence-corrected chi connectivity index (χ2v) is 6.55. The van der Waals surface area contributed by atoms with E-state index in [9.17, 15) is 0 Å². The number of hydrogen-bond donors (Lipinski definition) is 1. The highest BCUT2D eigenvalue weighted by Crippen LogP contribution is 2.29. The van der Waals surface area contributed by atoms with Gasteiger partial charge in [-0.25, -0.2) is 0 Å². The summed E-state index contributed by atoms with van der Waals surface area (Å²) in [5.74, 6) is 0.594. The lowest BCUT2D eigenvalue weighted by molar-refractivity contribution is 0.652. The molecule has 106 valence electrons. The van der Waals surface area contributed by atoms with Crippen LogP contribution in [0.4, 0.5) is 0 Å². The molecule has 2 rings (SSSR count). The SMILES string of the molecule is CNC(C)c1ccc(Sc2ccc(C(C)C)cc2)cc1. The van der Waals surface area contributed by atoms with Crippen LogP contribution >= 0.6 is 11.8 Å². The highest BCUT2D eigenvalue weighted by Gasteiger charge is 2.03. The molecule has 0 aromatic heterocycles. The summed E-state index contributed by atoms with van der Waals surface area (Å²) < 4.78 is 0. The minimum Gasteiger partial charge on any atom is -0.313 e. The molecule has 0 amide bonds. The molecule has 0 bridgehead atoms. The van der Waals surface area contributed by atoms with Crippen molar-refractivity contribution in [3.8, 4) is 0 Å². The number of nitrogens with one attached hydrogen (secondary N) is 1. The van der Waals surface area contributed by atoms with Crippen LogP contribution in [0.5, 0.6) is 0 Å². The van der Waals surface area contributed by atoms with Crippen molar-refractivity contribution >= 4 is 11.8 Å². The fourth-order valence-electron chi connectivity index (χ4n) is 2.05. The summed E-state index contributed by atoms with van der Waals surface area (Å²) in [6.07, 6.45) is 0. The minimum atomic E-state index is 0.402. The lowest BCUT2D eigenvalue weighted by Gasteiger charge is -2.11. The van der Waals surface area contributed by atoms with E-state index in [0.29, 0.717) is 12.0 Å². The molecule has 1 nitrogen and oxygen atoms in total. The Morgan fingerprint density at radius 3 is 1.60 bits per heavy atom. The van der Waals surface area contributed by atoms with Gasteiger partial charge in [0.1, 0.15) is 0 Å². The molecule has 2 aromatic carbocycles. The summed E-state index contributed by atoms with van der Waals surface area (Å²) in [7, 11) is 1.99. The molecule has 0 heterocycles. The van der Waals surface area contributed by atoms with E-state index in [0.717, 1.165) is 0 Å². The van der Waals surface area contributed by atoms with E-state index in [1.165, 1.54) is 20.9 Å². The highest BCUT2D eigenvalue weighted by molar-refractivity contribution is 7.99. The lowest BCUT2D eigenvalue weighted by Crippen LogP contribution is -2.11. The van der Waals surface area contributed by atoms with Gasteiger partial charge in [0.25, 0.3) is 0 Å². The van der Waals surface area contributed by atoms with Gasteiger partial charge in [0.2, 0.25) is 0 Å². The summed E-state index contributed by atoms with van der Waals surface area (Å²) in [4.78, 5) is 2.58. The van der Waals surface area contributed by atoms with E-state index in [1.54, 1.807) is 0 Å².